The maximum Gasteiger partial charge on any atom is 0.139 e. The third-order valence-electron chi connectivity index (χ3n) is 3.71. The molecule has 1 aromatic heterocycles. The van der Waals surface area contributed by atoms with Gasteiger partial charge in [-0.1, -0.05) is 0 Å². The van der Waals surface area contributed by atoms with Crippen LogP contribution in [-0.4, -0.2) is 37.1 Å². The van der Waals surface area contributed by atoms with Crippen LogP contribution in [0.3, 0.4) is 0 Å². The van der Waals surface area contributed by atoms with E-state index in [9.17, 15) is 0 Å². The minimum Gasteiger partial charge on any atom is -0.384 e. The topological polar surface area (TPSA) is 75.2 Å². The molecule has 1 aliphatic carbocycles. The highest BCUT2D eigenvalue weighted by Crippen LogP contribution is 2.27. The first-order chi connectivity index (χ1) is 9.67. The zero-order valence-electron chi connectivity index (χ0n) is 12.4. The number of pyridine rings is 1. The Bertz CT molecular complexity index is 487. The van der Waals surface area contributed by atoms with Crippen molar-refractivity contribution in [3.63, 3.8) is 0 Å². The van der Waals surface area contributed by atoms with Gasteiger partial charge >= 0.3 is 0 Å². The maximum atomic E-state index is 7.80. The van der Waals surface area contributed by atoms with Gasteiger partial charge in [-0.3, -0.25) is 5.41 Å². The number of hydrogen-bond donors (Lipinski definition) is 2. The van der Waals surface area contributed by atoms with E-state index in [2.05, 4.69) is 17.9 Å². The van der Waals surface area contributed by atoms with Crippen molar-refractivity contribution in [3.05, 3.63) is 22.9 Å². The van der Waals surface area contributed by atoms with Gasteiger partial charge in [-0.2, -0.15) is 0 Å². The standard InChI is InChI=1S/C15H24N4O/c1-3-19(8-9-20-4-2)15-12(14(16)17)10-11-6-5-7-13(11)18-15/h10H,3-9H2,1-2H3,(H3,16,17). The Morgan fingerprint density at radius 1 is 1.45 bits per heavy atom. The lowest BCUT2D eigenvalue weighted by Gasteiger charge is -2.25. The molecule has 0 aromatic carbocycles. The summed E-state index contributed by atoms with van der Waals surface area (Å²) in [6.45, 7) is 7.07. The molecular formula is C15H24N4O. The number of likely N-dealkylation sites (N-methyl/N-ethyl adjacent to an activating group) is 1. The number of anilines is 1. The molecule has 1 aromatic rings. The van der Waals surface area contributed by atoms with E-state index in [0.717, 1.165) is 50.3 Å². The molecule has 0 unspecified atom stereocenters. The first-order valence-corrected chi connectivity index (χ1v) is 7.37. The molecule has 20 heavy (non-hydrogen) atoms. The monoisotopic (exact) mass is 276 g/mol. The van der Waals surface area contributed by atoms with E-state index in [1.165, 1.54) is 11.3 Å². The second kappa shape index (κ2) is 6.70. The van der Waals surface area contributed by atoms with Gasteiger partial charge in [0.05, 0.1) is 12.2 Å². The van der Waals surface area contributed by atoms with E-state index in [-0.39, 0.29) is 5.84 Å². The lowest BCUT2D eigenvalue weighted by molar-refractivity contribution is 0.154. The number of rotatable bonds is 7. The van der Waals surface area contributed by atoms with Crippen molar-refractivity contribution in [1.82, 2.24) is 4.98 Å². The molecule has 0 atom stereocenters. The summed E-state index contributed by atoms with van der Waals surface area (Å²) in [7, 11) is 0. The van der Waals surface area contributed by atoms with Crippen LogP contribution in [0.5, 0.6) is 0 Å². The molecular weight excluding hydrogens is 252 g/mol. The molecule has 0 fully saturated rings. The first kappa shape index (κ1) is 14.8. The first-order valence-electron chi connectivity index (χ1n) is 7.37. The number of nitrogens with zero attached hydrogens (tertiary/aromatic N) is 2. The van der Waals surface area contributed by atoms with E-state index < -0.39 is 0 Å². The lowest BCUT2D eigenvalue weighted by Crippen LogP contribution is -2.31. The van der Waals surface area contributed by atoms with Crippen molar-refractivity contribution in [1.29, 1.82) is 5.41 Å². The SMILES string of the molecule is CCOCCN(CC)c1nc2c(cc1C(=N)N)CCC2. The number of amidine groups is 1. The minimum absolute atomic E-state index is 0.0945. The van der Waals surface area contributed by atoms with Crippen LogP contribution in [0.25, 0.3) is 0 Å². The van der Waals surface area contributed by atoms with Gasteiger partial charge in [-0.15, -0.1) is 0 Å². The third-order valence-corrected chi connectivity index (χ3v) is 3.71. The van der Waals surface area contributed by atoms with Crippen LogP contribution >= 0.6 is 0 Å². The average molecular weight is 276 g/mol. The molecule has 5 nitrogen and oxygen atoms in total. The van der Waals surface area contributed by atoms with Gasteiger partial charge in [0.1, 0.15) is 11.7 Å². The third kappa shape index (κ3) is 3.10. The van der Waals surface area contributed by atoms with Gasteiger partial charge in [0, 0.05) is 25.4 Å². The van der Waals surface area contributed by atoms with E-state index in [1.807, 2.05) is 6.92 Å². The van der Waals surface area contributed by atoms with Crippen molar-refractivity contribution in [3.8, 4) is 0 Å². The van der Waals surface area contributed by atoms with Crippen molar-refractivity contribution >= 4 is 11.7 Å². The molecule has 0 spiro atoms. The van der Waals surface area contributed by atoms with Gasteiger partial charge in [0.15, 0.2) is 0 Å². The Morgan fingerprint density at radius 3 is 2.90 bits per heavy atom. The Balaban J connectivity index is 2.29. The fraction of sp³-hybridized carbons (Fsp3) is 0.600. The Kier molecular flexibility index (Phi) is 4.95. The number of aryl methyl sites for hydroxylation is 2. The number of hydrogen-bond acceptors (Lipinski definition) is 4. The molecule has 0 bridgehead atoms. The predicted molar refractivity (Wildman–Crippen MR) is 81.7 cm³/mol. The average Bonchev–Trinajstić information content (AvgIpc) is 2.89. The van der Waals surface area contributed by atoms with E-state index in [0.29, 0.717) is 6.61 Å². The zero-order chi connectivity index (χ0) is 14.5. The van der Waals surface area contributed by atoms with Gasteiger partial charge < -0.3 is 15.4 Å². The maximum absolute atomic E-state index is 7.80. The molecule has 0 amide bonds. The van der Waals surface area contributed by atoms with Crippen molar-refractivity contribution in [2.45, 2.75) is 33.1 Å². The summed E-state index contributed by atoms with van der Waals surface area (Å²) < 4.78 is 5.43. The van der Waals surface area contributed by atoms with Gasteiger partial charge in [-0.05, 0) is 44.7 Å². The zero-order valence-corrected chi connectivity index (χ0v) is 12.4. The van der Waals surface area contributed by atoms with E-state index >= 15 is 0 Å². The Hall–Kier alpha value is -1.62. The molecule has 1 heterocycles. The number of aromatic nitrogens is 1. The van der Waals surface area contributed by atoms with Crippen LogP contribution < -0.4 is 10.6 Å². The van der Waals surface area contributed by atoms with E-state index in [4.69, 9.17) is 20.9 Å². The summed E-state index contributed by atoms with van der Waals surface area (Å²) in [5.74, 6) is 0.928. The van der Waals surface area contributed by atoms with Crippen LogP contribution in [0, 0.1) is 5.41 Å². The normalized spacial score (nSPS) is 13.3. The number of nitrogens with one attached hydrogen (secondary N) is 1. The molecule has 0 radical (unpaired) electrons. The Labute approximate surface area is 120 Å². The van der Waals surface area contributed by atoms with Gasteiger partial charge in [0.2, 0.25) is 0 Å². The fourth-order valence-corrected chi connectivity index (χ4v) is 2.63. The molecule has 0 saturated heterocycles. The van der Waals surface area contributed by atoms with Crippen LogP contribution in [0.2, 0.25) is 0 Å². The number of nitrogen functional groups attached to an aromatic ring is 1. The number of ether oxygens (including phenoxy) is 1. The molecule has 1 aliphatic rings. The van der Waals surface area contributed by atoms with Crippen LogP contribution in [0.1, 0.15) is 37.1 Å². The molecule has 2 rings (SSSR count). The number of nitrogens with two attached hydrogens (primary N) is 1. The van der Waals surface area contributed by atoms with Crippen molar-refractivity contribution in [2.75, 3.05) is 31.2 Å². The van der Waals surface area contributed by atoms with Gasteiger partial charge in [0.25, 0.3) is 0 Å². The molecule has 5 heteroatoms. The van der Waals surface area contributed by atoms with Crippen molar-refractivity contribution in [2.24, 2.45) is 5.73 Å². The number of fused-ring (bicyclic) bond motifs is 1. The second-order valence-corrected chi connectivity index (χ2v) is 5.01. The van der Waals surface area contributed by atoms with Crippen molar-refractivity contribution < 1.29 is 4.74 Å². The van der Waals surface area contributed by atoms with Crippen LogP contribution in [-0.2, 0) is 17.6 Å². The lowest BCUT2D eigenvalue weighted by atomic mass is 10.1. The second-order valence-electron chi connectivity index (χ2n) is 5.01. The highest BCUT2D eigenvalue weighted by atomic mass is 16.5. The molecule has 0 saturated carbocycles. The predicted octanol–water partition coefficient (Wildman–Crippen LogP) is 1.72. The summed E-state index contributed by atoms with van der Waals surface area (Å²) in [5.41, 5.74) is 8.91. The Morgan fingerprint density at radius 2 is 2.25 bits per heavy atom. The summed E-state index contributed by atoms with van der Waals surface area (Å²) in [4.78, 5) is 6.92. The minimum atomic E-state index is 0.0945. The highest BCUT2D eigenvalue weighted by molar-refractivity contribution is 5.99. The molecule has 110 valence electrons. The largest absolute Gasteiger partial charge is 0.384 e. The van der Waals surface area contributed by atoms with Gasteiger partial charge in [-0.25, -0.2) is 4.98 Å². The van der Waals surface area contributed by atoms with E-state index in [1.54, 1.807) is 0 Å². The fourth-order valence-electron chi connectivity index (χ4n) is 2.63. The molecule has 3 N–H and O–H groups in total. The summed E-state index contributed by atoms with van der Waals surface area (Å²) >= 11 is 0. The summed E-state index contributed by atoms with van der Waals surface area (Å²) in [5, 5.41) is 7.80. The summed E-state index contributed by atoms with van der Waals surface area (Å²) in [6, 6.07) is 2.05. The van der Waals surface area contributed by atoms with Crippen LogP contribution in [0.15, 0.2) is 6.07 Å². The summed E-state index contributed by atoms with van der Waals surface area (Å²) in [6.07, 6.45) is 3.23. The molecule has 0 aliphatic heterocycles. The van der Waals surface area contributed by atoms with Crippen LogP contribution in [0.4, 0.5) is 5.82 Å². The smallest absolute Gasteiger partial charge is 0.139 e. The quantitative estimate of drug-likeness (QED) is 0.452. The highest BCUT2D eigenvalue weighted by Gasteiger charge is 2.20.